The highest BCUT2D eigenvalue weighted by atomic mass is 19.4. The van der Waals surface area contributed by atoms with Crippen molar-refractivity contribution in [3.63, 3.8) is 0 Å². The fraction of sp³-hybridized carbons (Fsp3) is 0.842. The molecule has 3 aliphatic rings. The average molecular weight is 405 g/mol. The monoisotopic (exact) mass is 405 g/mol. The molecule has 0 aromatic heterocycles. The highest BCUT2D eigenvalue weighted by Crippen LogP contribution is 2.50. The van der Waals surface area contributed by atoms with Gasteiger partial charge in [-0.2, -0.15) is 13.2 Å². The van der Waals surface area contributed by atoms with Gasteiger partial charge in [0.05, 0.1) is 0 Å². The molecule has 2 heterocycles. The molecule has 9 heteroatoms. The number of carboxylic acid groups (broad SMARTS) is 1. The summed E-state index contributed by atoms with van der Waals surface area (Å²) < 4.78 is 31.7. The standard InChI is InChI=1S/C17H29N3O.C2HF3O2/c1-5-15-18-17(16(21)20(15)6-2)8-7-13-10-19(9-12(3)4)11-14(13)17;3-2(4,5)1(6)7/h12-14H,5-11H2,1-4H3;(H,6,7)/t13-,14+,17-;/m1./s1. The van der Waals surface area contributed by atoms with Gasteiger partial charge in [-0.3, -0.25) is 14.7 Å². The number of rotatable bonds is 4. The average Bonchev–Trinajstić information content (AvgIpc) is 3.21. The molecule has 3 atom stereocenters. The summed E-state index contributed by atoms with van der Waals surface area (Å²) in [4.78, 5) is 31.4. The van der Waals surface area contributed by atoms with Gasteiger partial charge in [0.25, 0.3) is 5.91 Å². The lowest BCUT2D eigenvalue weighted by Gasteiger charge is -2.28. The maximum atomic E-state index is 13.0. The summed E-state index contributed by atoms with van der Waals surface area (Å²) in [5.41, 5.74) is -0.405. The molecular weight excluding hydrogens is 375 g/mol. The van der Waals surface area contributed by atoms with Crippen LogP contribution in [-0.2, 0) is 9.59 Å². The SMILES string of the molecule is CCC1=N[C@@]2(CC[C@@H]3CN(CC(C)C)C[C@@H]32)C(=O)N1CC.O=C(O)C(F)(F)F. The van der Waals surface area contributed by atoms with Gasteiger partial charge in [0.2, 0.25) is 0 Å². The normalized spacial score (nSPS) is 29.9. The van der Waals surface area contributed by atoms with E-state index in [0.717, 1.165) is 38.3 Å². The first kappa shape index (κ1) is 22.6. The summed E-state index contributed by atoms with van der Waals surface area (Å²) >= 11 is 0. The van der Waals surface area contributed by atoms with E-state index in [-0.39, 0.29) is 0 Å². The molecule has 1 spiro atoms. The second-order valence-corrected chi connectivity index (χ2v) is 8.18. The molecular formula is C19H30F3N3O3. The molecule has 0 unspecified atom stereocenters. The Bertz CT molecular complexity index is 636. The van der Waals surface area contributed by atoms with E-state index in [9.17, 15) is 18.0 Å². The molecule has 0 aromatic carbocycles. The van der Waals surface area contributed by atoms with Gasteiger partial charge in [-0.05, 0) is 31.6 Å². The van der Waals surface area contributed by atoms with Gasteiger partial charge < -0.3 is 10.0 Å². The second kappa shape index (κ2) is 8.39. The van der Waals surface area contributed by atoms with Crippen LogP contribution in [0.4, 0.5) is 13.2 Å². The Morgan fingerprint density at radius 1 is 1.32 bits per heavy atom. The molecule has 28 heavy (non-hydrogen) atoms. The van der Waals surface area contributed by atoms with Crippen LogP contribution in [-0.4, -0.2) is 70.5 Å². The Labute approximate surface area is 163 Å². The van der Waals surface area contributed by atoms with Crippen LogP contribution in [0.25, 0.3) is 0 Å². The van der Waals surface area contributed by atoms with Gasteiger partial charge in [0.1, 0.15) is 11.4 Å². The van der Waals surface area contributed by atoms with Crippen molar-refractivity contribution >= 4 is 17.7 Å². The van der Waals surface area contributed by atoms with Gasteiger partial charge in [-0.15, -0.1) is 0 Å². The predicted octanol–water partition coefficient (Wildman–Crippen LogP) is 3.03. The van der Waals surface area contributed by atoms with Gasteiger partial charge in [0, 0.05) is 38.5 Å². The number of aliphatic imine (C=N–C) groups is 1. The zero-order valence-corrected chi connectivity index (χ0v) is 16.9. The van der Waals surface area contributed by atoms with Crippen molar-refractivity contribution in [1.29, 1.82) is 0 Å². The van der Waals surface area contributed by atoms with Crippen LogP contribution in [0.1, 0.15) is 47.0 Å². The van der Waals surface area contributed by atoms with E-state index in [1.54, 1.807) is 0 Å². The van der Waals surface area contributed by atoms with Crippen LogP contribution < -0.4 is 0 Å². The molecule has 1 saturated heterocycles. The first-order valence-corrected chi connectivity index (χ1v) is 9.89. The number of likely N-dealkylation sites (N-methyl/N-ethyl adjacent to an activating group) is 1. The highest BCUT2D eigenvalue weighted by Gasteiger charge is 2.60. The number of carbonyl (C=O) groups is 2. The number of alkyl halides is 3. The van der Waals surface area contributed by atoms with E-state index in [0.29, 0.717) is 23.7 Å². The maximum Gasteiger partial charge on any atom is 0.490 e. The zero-order chi connectivity index (χ0) is 21.3. The van der Waals surface area contributed by atoms with Crippen LogP contribution in [0.15, 0.2) is 4.99 Å². The number of nitrogens with zero attached hydrogens (tertiary/aromatic N) is 3. The second-order valence-electron chi connectivity index (χ2n) is 8.18. The third kappa shape index (κ3) is 4.34. The van der Waals surface area contributed by atoms with E-state index in [4.69, 9.17) is 14.9 Å². The van der Waals surface area contributed by atoms with Crippen LogP contribution in [0.3, 0.4) is 0 Å². The molecule has 6 nitrogen and oxygen atoms in total. The maximum absolute atomic E-state index is 13.0. The van der Waals surface area contributed by atoms with E-state index in [2.05, 4.69) is 32.6 Å². The van der Waals surface area contributed by atoms with E-state index >= 15 is 0 Å². The molecule has 0 bridgehead atoms. The molecule has 0 radical (unpaired) electrons. The lowest BCUT2D eigenvalue weighted by atomic mass is 9.85. The Morgan fingerprint density at radius 3 is 2.36 bits per heavy atom. The Balaban J connectivity index is 0.000000345. The number of carbonyl (C=O) groups excluding carboxylic acids is 1. The molecule has 1 amide bonds. The van der Waals surface area contributed by atoms with Crippen molar-refractivity contribution in [1.82, 2.24) is 9.80 Å². The summed E-state index contributed by atoms with van der Waals surface area (Å²) in [5, 5.41) is 7.12. The van der Waals surface area contributed by atoms with Crippen molar-refractivity contribution in [2.75, 3.05) is 26.2 Å². The van der Waals surface area contributed by atoms with Crippen molar-refractivity contribution in [2.45, 2.75) is 58.7 Å². The lowest BCUT2D eigenvalue weighted by molar-refractivity contribution is -0.192. The third-order valence-corrected chi connectivity index (χ3v) is 5.78. The first-order chi connectivity index (χ1) is 13.0. The number of hydrogen-bond acceptors (Lipinski definition) is 4. The Morgan fingerprint density at radius 2 is 1.93 bits per heavy atom. The number of carboxylic acids is 1. The highest BCUT2D eigenvalue weighted by molar-refractivity contribution is 6.08. The molecule has 1 saturated carbocycles. The van der Waals surface area contributed by atoms with Gasteiger partial charge in [-0.25, -0.2) is 4.79 Å². The molecule has 2 aliphatic heterocycles. The fourth-order valence-corrected chi connectivity index (χ4v) is 4.74. The molecule has 2 fully saturated rings. The molecule has 160 valence electrons. The summed E-state index contributed by atoms with van der Waals surface area (Å²) in [6.45, 7) is 12.9. The molecule has 3 rings (SSSR count). The van der Waals surface area contributed by atoms with E-state index < -0.39 is 17.7 Å². The molecule has 0 aromatic rings. The van der Waals surface area contributed by atoms with Gasteiger partial charge >= 0.3 is 12.1 Å². The minimum atomic E-state index is -5.08. The van der Waals surface area contributed by atoms with Gasteiger partial charge in [0.15, 0.2) is 0 Å². The molecule has 1 aliphatic carbocycles. The summed E-state index contributed by atoms with van der Waals surface area (Å²) in [6, 6.07) is 0. The summed E-state index contributed by atoms with van der Waals surface area (Å²) in [7, 11) is 0. The minimum absolute atomic E-state index is 0.292. The smallest absolute Gasteiger partial charge is 0.475 e. The first-order valence-electron chi connectivity index (χ1n) is 9.89. The fourth-order valence-electron chi connectivity index (χ4n) is 4.74. The largest absolute Gasteiger partial charge is 0.490 e. The van der Waals surface area contributed by atoms with Gasteiger partial charge in [-0.1, -0.05) is 20.8 Å². The number of fused-ring (bicyclic) bond motifs is 2. The van der Waals surface area contributed by atoms with Crippen molar-refractivity contribution in [3.8, 4) is 0 Å². The third-order valence-electron chi connectivity index (χ3n) is 5.78. The summed E-state index contributed by atoms with van der Waals surface area (Å²) in [5.74, 6) is 0.368. The number of amides is 1. The number of hydrogen-bond donors (Lipinski definition) is 1. The van der Waals surface area contributed by atoms with Crippen molar-refractivity contribution < 1.29 is 27.9 Å². The van der Waals surface area contributed by atoms with E-state index in [1.807, 2.05) is 4.90 Å². The predicted molar refractivity (Wildman–Crippen MR) is 99.0 cm³/mol. The van der Waals surface area contributed by atoms with Crippen LogP contribution >= 0.6 is 0 Å². The van der Waals surface area contributed by atoms with Crippen molar-refractivity contribution in [3.05, 3.63) is 0 Å². The number of amidine groups is 1. The summed E-state index contributed by atoms with van der Waals surface area (Å²) in [6.07, 6.45) is -2.08. The van der Waals surface area contributed by atoms with Crippen LogP contribution in [0, 0.1) is 17.8 Å². The van der Waals surface area contributed by atoms with Crippen molar-refractivity contribution in [2.24, 2.45) is 22.7 Å². The molecule has 1 N–H and O–H groups in total. The topological polar surface area (TPSA) is 73.2 Å². The lowest BCUT2D eigenvalue weighted by Crippen LogP contribution is -2.46. The Kier molecular flexibility index (Phi) is 6.78. The van der Waals surface area contributed by atoms with Crippen LogP contribution in [0.2, 0.25) is 0 Å². The quantitative estimate of drug-likeness (QED) is 0.780. The van der Waals surface area contributed by atoms with Crippen LogP contribution in [0.5, 0.6) is 0 Å². The number of likely N-dealkylation sites (tertiary alicyclic amines) is 1. The minimum Gasteiger partial charge on any atom is -0.475 e. The Hall–Kier alpha value is -1.64. The zero-order valence-electron chi connectivity index (χ0n) is 16.9. The van der Waals surface area contributed by atoms with E-state index in [1.165, 1.54) is 13.0 Å². The number of aliphatic carboxylic acids is 1. The number of halogens is 3.